The number of ether oxygens (including phenoxy) is 1. The molecule has 2 nitrogen and oxygen atoms in total. The van der Waals surface area contributed by atoms with Crippen LogP contribution in [0.15, 0.2) is 59.3 Å². The van der Waals surface area contributed by atoms with Crippen molar-refractivity contribution in [2.24, 2.45) is 0 Å². The molecule has 3 rings (SSSR count). The molecule has 3 aromatic rings. The van der Waals surface area contributed by atoms with Crippen molar-refractivity contribution in [2.45, 2.75) is 6.61 Å². The molecule has 0 fully saturated rings. The lowest BCUT2D eigenvalue weighted by Gasteiger charge is -2.11. The first-order valence-electron chi connectivity index (χ1n) is 6.14. The van der Waals surface area contributed by atoms with E-state index in [0.717, 1.165) is 30.1 Å². The van der Waals surface area contributed by atoms with Gasteiger partial charge in [0, 0.05) is 31.2 Å². The monoisotopic (exact) mass is 439 g/mol. The van der Waals surface area contributed by atoms with Crippen LogP contribution in [-0.4, -0.2) is 4.98 Å². The Kier molecular flexibility index (Phi) is 4.21. The smallest absolute Gasteiger partial charge is 0.129 e. The standard InChI is InChI=1S/C16H11BrINO/c17-13-6-7-15(12-8-19-9-14(18)16(12)13)20-10-11-4-2-1-3-5-11/h1-9H,10H2. The summed E-state index contributed by atoms with van der Waals surface area (Å²) < 4.78 is 8.12. The molecule has 100 valence electrons. The van der Waals surface area contributed by atoms with E-state index < -0.39 is 0 Å². The minimum absolute atomic E-state index is 0.559. The normalized spacial score (nSPS) is 10.7. The summed E-state index contributed by atoms with van der Waals surface area (Å²) in [4.78, 5) is 4.26. The highest BCUT2D eigenvalue weighted by molar-refractivity contribution is 14.1. The molecule has 0 saturated heterocycles. The molecular weight excluding hydrogens is 429 g/mol. The Hall–Kier alpha value is -1.14. The molecule has 0 aliphatic rings. The molecule has 20 heavy (non-hydrogen) atoms. The second-order valence-electron chi connectivity index (χ2n) is 4.36. The molecule has 1 heterocycles. The van der Waals surface area contributed by atoms with Crippen molar-refractivity contribution in [3.8, 4) is 5.75 Å². The lowest BCUT2D eigenvalue weighted by atomic mass is 10.1. The quantitative estimate of drug-likeness (QED) is 0.524. The van der Waals surface area contributed by atoms with E-state index in [1.807, 2.05) is 42.7 Å². The number of aromatic nitrogens is 1. The highest BCUT2D eigenvalue weighted by Crippen LogP contribution is 2.34. The second kappa shape index (κ2) is 6.10. The van der Waals surface area contributed by atoms with Crippen molar-refractivity contribution in [2.75, 3.05) is 0 Å². The molecule has 1 aromatic heterocycles. The Morgan fingerprint density at radius 1 is 1.05 bits per heavy atom. The molecule has 0 spiro atoms. The van der Waals surface area contributed by atoms with Crippen molar-refractivity contribution in [1.29, 1.82) is 0 Å². The fourth-order valence-electron chi connectivity index (χ4n) is 2.05. The van der Waals surface area contributed by atoms with E-state index in [0.29, 0.717) is 6.61 Å². The van der Waals surface area contributed by atoms with E-state index in [1.54, 1.807) is 0 Å². The molecule has 0 aliphatic carbocycles. The van der Waals surface area contributed by atoms with E-state index in [1.165, 1.54) is 0 Å². The van der Waals surface area contributed by atoms with Gasteiger partial charge in [-0.15, -0.1) is 0 Å². The zero-order chi connectivity index (χ0) is 13.9. The molecule has 0 radical (unpaired) electrons. The summed E-state index contributed by atoms with van der Waals surface area (Å²) in [6.07, 6.45) is 3.71. The molecule has 0 unspecified atom stereocenters. The molecule has 0 saturated carbocycles. The summed E-state index contributed by atoms with van der Waals surface area (Å²) in [6, 6.07) is 14.2. The van der Waals surface area contributed by atoms with Gasteiger partial charge in [0.2, 0.25) is 0 Å². The van der Waals surface area contributed by atoms with Gasteiger partial charge >= 0.3 is 0 Å². The van der Waals surface area contributed by atoms with Crippen LogP contribution in [0.1, 0.15) is 5.56 Å². The van der Waals surface area contributed by atoms with Gasteiger partial charge in [-0.25, -0.2) is 0 Å². The zero-order valence-electron chi connectivity index (χ0n) is 10.5. The van der Waals surface area contributed by atoms with Gasteiger partial charge in [0.1, 0.15) is 12.4 Å². The first kappa shape index (κ1) is 13.8. The van der Waals surface area contributed by atoms with E-state index in [9.17, 15) is 0 Å². The average molecular weight is 440 g/mol. The second-order valence-corrected chi connectivity index (χ2v) is 6.38. The third-order valence-electron chi connectivity index (χ3n) is 3.02. The summed E-state index contributed by atoms with van der Waals surface area (Å²) in [5.74, 6) is 0.859. The third-order valence-corrected chi connectivity index (χ3v) is 4.50. The first-order chi connectivity index (χ1) is 9.75. The van der Waals surface area contributed by atoms with Crippen LogP contribution in [0.2, 0.25) is 0 Å². The maximum absolute atomic E-state index is 5.95. The number of nitrogens with zero attached hydrogens (tertiary/aromatic N) is 1. The highest BCUT2D eigenvalue weighted by atomic mass is 127. The van der Waals surface area contributed by atoms with Gasteiger partial charge in [0.15, 0.2) is 0 Å². The third kappa shape index (κ3) is 2.81. The van der Waals surface area contributed by atoms with Crippen LogP contribution in [0.5, 0.6) is 5.75 Å². The largest absolute Gasteiger partial charge is 0.488 e. The van der Waals surface area contributed by atoms with Gasteiger partial charge in [0.25, 0.3) is 0 Å². The Labute approximate surface area is 139 Å². The molecule has 0 bridgehead atoms. The van der Waals surface area contributed by atoms with Crippen LogP contribution in [0.3, 0.4) is 0 Å². The topological polar surface area (TPSA) is 22.1 Å². The number of hydrogen-bond donors (Lipinski definition) is 0. The summed E-state index contributed by atoms with van der Waals surface area (Å²) in [5.41, 5.74) is 1.15. The van der Waals surface area contributed by atoms with E-state index in [-0.39, 0.29) is 0 Å². The molecule has 0 atom stereocenters. The predicted octanol–water partition coefficient (Wildman–Crippen LogP) is 5.18. The van der Waals surface area contributed by atoms with Crippen molar-refractivity contribution < 1.29 is 4.74 Å². The predicted molar refractivity (Wildman–Crippen MR) is 92.9 cm³/mol. The zero-order valence-corrected chi connectivity index (χ0v) is 14.3. The maximum Gasteiger partial charge on any atom is 0.129 e. The number of fused-ring (bicyclic) bond motifs is 1. The van der Waals surface area contributed by atoms with E-state index >= 15 is 0 Å². The lowest BCUT2D eigenvalue weighted by Crippen LogP contribution is -1.96. The highest BCUT2D eigenvalue weighted by Gasteiger charge is 2.09. The minimum Gasteiger partial charge on any atom is -0.488 e. The van der Waals surface area contributed by atoms with Crippen LogP contribution < -0.4 is 4.74 Å². The van der Waals surface area contributed by atoms with Crippen LogP contribution in [0.25, 0.3) is 10.8 Å². The summed E-state index contributed by atoms with van der Waals surface area (Å²) >= 11 is 5.88. The molecule has 4 heteroatoms. The van der Waals surface area contributed by atoms with Gasteiger partial charge in [-0.05, 0) is 40.3 Å². The Bertz CT molecular complexity index is 738. The average Bonchev–Trinajstić information content (AvgIpc) is 2.48. The van der Waals surface area contributed by atoms with Gasteiger partial charge in [-0.3, -0.25) is 4.98 Å². The summed E-state index contributed by atoms with van der Waals surface area (Å²) in [5, 5.41) is 2.17. The number of rotatable bonds is 3. The molecule has 0 N–H and O–H groups in total. The van der Waals surface area contributed by atoms with Crippen molar-refractivity contribution in [3.05, 3.63) is 68.5 Å². The fraction of sp³-hybridized carbons (Fsp3) is 0.0625. The van der Waals surface area contributed by atoms with Crippen molar-refractivity contribution in [1.82, 2.24) is 4.98 Å². The molecule has 0 aliphatic heterocycles. The van der Waals surface area contributed by atoms with Gasteiger partial charge in [-0.1, -0.05) is 46.3 Å². The summed E-state index contributed by atoms with van der Waals surface area (Å²) in [7, 11) is 0. The van der Waals surface area contributed by atoms with Crippen LogP contribution in [0.4, 0.5) is 0 Å². The van der Waals surface area contributed by atoms with Crippen LogP contribution in [-0.2, 0) is 6.61 Å². The number of pyridine rings is 1. The number of hydrogen-bond acceptors (Lipinski definition) is 2. The fourth-order valence-corrected chi connectivity index (χ4v) is 3.72. The molecular formula is C16H11BrINO. The van der Waals surface area contributed by atoms with Crippen LogP contribution in [0, 0.1) is 3.57 Å². The summed E-state index contributed by atoms with van der Waals surface area (Å²) in [6.45, 7) is 0.559. The van der Waals surface area contributed by atoms with Gasteiger partial charge < -0.3 is 4.74 Å². The van der Waals surface area contributed by atoms with E-state index in [4.69, 9.17) is 4.74 Å². The number of halogens is 2. The van der Waals surface area contributed by atoms with Crippen LogP contribution >= 0.6 is 38.5 Å². The molecule has 0 amide bonds. The Morgan fingerprint density at radius 2 is 1.85 bits per heavy atom. The first-order valence-corrected chi connectivity index (χ1v) is 8.01. The molecule has 2 aromatic carbocycles. The van der Waals surface area contributed by atoms with Gasteiger partial charge in [0.05, 0.1) is 0 Å². The Balaban J connectivity index is 1.96. The van der Waals surface area contributed by atoms with Crippen molar-refractivity contribution >= 4 is 49.3 Å². The maximum atomic E-state index is 5.95. The minimum atomic E-state index is 0.559. The SMILES string of the molecule is Brc1ccc(OCc2ccccc2)c2cncc(I)c12. The van der Waals surface area contributed by atoms with E-state index in [2.05, 4.69) is 55.6 Å². The van der Waals surface area contributed by atoms with Crippen molar-refractivity contribution in [3.63, 3.8) is 0 Å². The Morgan fingerprint density at radius 3 is 2.65 bits per heavy atom. The number of benzene rings is 2. The lowest BCUT2D eigenvalue weighted by molar-refractivity contribution is 0.310. The van der Waals surface area contributed by atoms with Gasteiger partial charge in [-0.2, -0.15) is 0 Å².